The van der Waals surface area contributed by atoms with E-state index in [0.29, 0.717) is 30.3 Å². The number of hydrogen-bond donors (Lipinski definition) is 1. The number of amides is 1. The van der Waals surface area contributed by atoms with Gasteiger partial charge in [-0.15, -0.1) is 11.3 Å². The predicted molar refractivity (Wildman–Crippen MR) is 124 cm³/mol. The smallest absolute Gasteiger partial charge is 0.243 e. The largest absolute Gasteiger partial charge is 0.324 e. The molecule has 1 saturated heterocycles. The molecule has 4 rings (SSSR count). The average Bonchev–Trinajstić information content (AvgIpc) is 3.39. The van der Waals surface area contributed by atoms with Crippen LogP contribution >= 0.6 is 22.9 Å². The number of aromatic nitrogens is 1. The molecule has 0 bridgehead atoms. The minimum absolute atomic E-state index is 0.120. The molecule has 1 amide bonds. The molecular weight excluding hydrogens is 456 g/mol. The number of halogens is 1. The maximum Gasteiger partial charge on any atom is 0.243 e. The Labute approximate surface area is 190 Å². The molecule has 0 unspecified atom stereocenters. The highest BCUT2D eigenvalue weighted by atomic mass is 35.5. The van der Waals surface area contributed by atoms with Gasteiger partial charge in [0.2, 0.25) is 15.9 Å². The highest BCUT2D eigenvalue weighted by Gasteiger charge is 2.27. The minimum atomic E-state index is -3.58. The summed E-state index contributed by atoms with van der Waals surface area (Å²) < 4.78 is 28.2. The average molecular weight is 479 g/mol. The Morgan fingerprint density at radius 3 is 2.71 bits per heavy atom. The monoisotopic (exact) mass is 478 g/mol. The van der Waals surface area contributed by atoms with Crippen molar-refractivity contribution >= 4 is 54.8 Å². The van der Waals surface area contributed by atoms with Crippen LogP contribution in [0.3, 0.4) is 0 Å². The molecule has 2 heterocycles. The maximum atomic E-state index is 12.8. The molecule has 0 aliphatic carbocycles. The van der Waals surface area contributed by atoms with Gasteiger partial charge >= 0.3 is 0 Å². The summed E-state index contributed by atoms with van der Waals surface area (Å²) in [5, 5.41) is 3.96. The van der Waals surface area contributed by atoms with Crippen LogP contribution in [0, 0.1) is 0 Å². The van der Waals surface area contributed by atoms with Crippen LogP contribution in [-0.4, -0.2) is 55.2 Å². The van der Waals surface area contributed by atoms with Crippen LogP contribution in [0.5, 0.6) is 0 Å². The van der Waals surface area contributed by atoms with Gasteiger partial charge in [-0.2, -0.15) is 4.31 Å². The molecular formula is C21H23ClN4O3S2. The molecule has 164 valence electrons. The second-order valence-corrected chi connectivity index (χ2v) is 11.0. The van der Waals surface area contributed by atoms with Crippen molar-refractivity contribution in [2.45, 2.75) is 24.3 Å². The Hall–Kier alpha value is -2.04. The molecule has 1 N–H and O–H groups in total. The first-order chi connectivity index (χ1) is 14.8. The second-order valence-electron chi connectivity index (χ2n) is 7.55. The van der Waals surface area contributed by atoms with Crippen molar-refractivity contribution < 1.29 is 13.2 Å². The van der Waals surface area contributed by atoms with Crippen molar-refractivity contribution in [2.75, 3.05) is 32.0 Å². The first-order valence-corrected chi connectivity index (χ1v) is 12.6. The predicted octanol–water partition coefficient (Wildman–Crippen LogP) is 3.80. The standard InChI is InChI=1S/C21H23ClN4O3S2/c1-25(14-21-24-17-6-2-3-7-19(17)30-21)13-20(27)23-18-12-15(8-9-16(18)22)31(28,29)26-10-4-5-11-26/h2-3,6-9,12H,4-5,10-11,13-14H2,1H3,(H,23,27). The highest BCUT2D eigenvalue weighted by molar-refractivity contribution is 7.89. The van der Waals surface area contributed by atoms with E-state index in [4.69, 9.17) is 11.6 Å². The lowest BCUT2D eigenvalue weighted by molar-refractivity contribution is -0.117. The van der Waals surface area contributed by atoms with Crippen LogP contribution in [0.15, 0.2) is 47.4 Å². The van der Waals surface area contributed by atoms with E-state index in [0.717, 1.165) is 28.1 Å². The van der Waals surface area contributed by atoms with Crippen LogP contribution in [0.25, 0.3) is 10.2 Å². The lowest BCUT2D eigenvalue weighted by atomic mass is 10.3. The third-order valence-corrected chi connectivity index (χ3v) is 8.32. The maximum absolute atomic E-state index is 12.8. The van der Waals surface area contributed by atoms with Gasteiger partial charge in [-0.3, -0.25) is 9.69 Å². The van der Waals surface area contributed by atoms with E-state index in [-0.39, 0.29) is 17.3 Å². The molecule has 0 spiro atoms. The zero-order valence-electron chi connectivity index (χ0n) is 17.0. The number of nitrogens with one attached hydrogen (secondary N) is 1. The van der Waals surface area contributed by atoms with E-state index in [1.807, 2.05) is 36.2 Å². The second kappa shape index (κ2) is 9.22. The molecule has 10 heteroatoms. The summed E-state index contributed by atoms with van der Waals surface area (Å²) in [5.74, 6) is -0.277. The SMILES string of the molecule is CN(CC(=O)Nc1cc(S(=O)(=O)N2CCCC2)ccc1Cl)Cc1nc2ccccc2s1. The van der Waals surface area contributed by atoms with Gasteiger partial charge in [0.15, 0.2) is 0 Å². The number of para-hydroxylation sites is 1. The van der Waals surface area contributed by atoms with E-state index >= 15 is 0 Å². The molecule has 7 nitrogen and oxygen atoms in total. The summed E-state index contributed by atoms with van der Waals surface area (Å²) in [6.45, 7) is 1.69. The van der Waals surface area contributed by atoms with Crippen molar-refractivity contribution in [2.24, 2.45) is 0 Å². The molecule has 2 aromatic carbocycles. The molecule has 31 heavy (non-hydrogen) atoms. The van der Waals surface area contributed by atoms with E-state index in [9.17, 15) is 13.2 Å². The van der Waals surface area contributed by atoms with Crippen LogP contribution in [-0.2, 0) is 21.4 Å². The Kier molecular flexibility index (Phi) is 6.59. The lowest BCUT2D eigenvalue weighted by Crippen LogP contribution is -2.30. The van der Waals surface area contributed by atoms with Crippen molar-refractivity contribution in [3.8, 4) is 0 Å². The van der Waals surface area contributed by atoms with E-state index < -0.39 is 10.0 Å². The number of sulfonamides is 1. The fraction of sp³-hybridized carbons (Fsp3) is 0.333. The number of thiazole rings is 1. The third-order valence-electron chi connectivity index (χ3n) is 5.07. The highest BCUT2D eigenvalue weighted by Crippen LogP contribution is 2.28. The van der Waals surface area contributed by atoms with Gasteiger partial charge in [0, 0.05) is 13.1 Å². The van der Waals surface area contributed by atoms with Gasteiger partial charge in [0.25, 0.3) is 0 Å². The van der Waals surface area contributed by atoms with Gasteiger partial charge in [0.05, 0.1) is 38.9 Å². The van der Waals surface area contributed by atoms with E-state index in [2.05, 4.69) is 10.3 Å². The van der Waals surface area contributed by atoms with Crippen molar-refractivity contribution in [1.29, 1.82) is 0 Å². The summed E-state index contributed by atoms with van der Waals surface area (Å²) >= 11 is 7.82. The number of hydrogen-bond acceptors (Lipinski definition) is 6. The van der Waals surface area contributed by atoms with Crippen LogP contribution < -0.4 is 5.32 Å². The van der Waals surface area contributed by atoms with E-state index in [1.165, 1.54) is 22.5 Å². The number of likely N-dealkylation sites (N-methyl/N-ethyl adjacent to an activating group) is 1. The van der Waals surface area contributed by atoms with Gasteiger partial charge in [0.1, 0.15) is 5.01 Å². The number of carbonyl (C=O) groups excluding carboxylic acids is 1. The molecule has 0 saturated carbocycles. The van der Waals surface area contributed by atoms with Gasteiger partial charge in [-0.05, 0) is 50.2 Å². The molecule has 0 atom stereocenters. The van der Waals surface area contributed by atoms with Crippen molar-refractivity contribution in [3.05, 3.63) is 52.5 Å². The van der Waals surface area contributed by atoms with Crippen LogP contribution in [0.1, 0.15) is 17.8 Å². The zero-order chi connectivity index (χ0) is 22.0. The molecule has 1 aliphatic heterocycles. The Morgan fingerprint density at radius 1 is 1.23 bits per heavy atom. The molecule has 1 fully saturated rings. The number of anilines is 1. The number of nitrogens with zero attached hydrogens (tertiary/aromatic N) is 3. The summed E-state index contributed by atoms with van der Waals surface area (Å²) in [6, 6.07) is 12.3. The summed E-state index contributed by atoms with van der Waals surface area (Å²) in [5.41, 5.74) is 1.24. The molecule has 1 aliphatic rings. The van der Waals surface area contributed by atoms with Gasteiger partial charge in [-0.25, -0.2) is 13.4 Å². The van der Waals surface area contributed by atoms with Crippen LogP contribution in [0.4, 0.5) is 5.69 Å². The third kappa shape index (κ3) is 5.07. The molecule has 3 aromatic rings. The first kappa shape index (κ1) is 22.2. The Bertz CT molecular complexity index is 1170. The fourth-order valence-corrected chi connectivity index (χ4v) is 6.30. The Balaban J connectivity index is 1.41. The number of rotatable bonds is 7. The van der Waals surface area contributed by atoms with Crippen molar-refractivity contribution in [3.63, 3.8) is 0 Å². The van der Waals surface area contributed by atoms with Crippen LogP contribution in [0.2, 0.25) is 5.02 Å². The summed E-state index contributed by atoms with van der Waals surface area (Å²) in [7, 11) is -1.75. The minimum Gasteiger partial charge on any atom is -0.324 e. The first-order valence-electron chi connectivity index (χ1n) is 9.95. The topological polar surface area (TPSA) is 82.6 Å². The number of carbonyl (C=O) groups is 1. The fourth-order valence-electron chi connectivity index (χ4n) is 3.55. The zero-order valence-corrected chi connectivity index (χ0v) is 19.4. The van der Waals surface area contributed by atoms with Gasteiger partial charge in [-0.1, -0.05) is 23.7 Å². The van der Waals surface area contributed by atoms with Gasteiger partial charge < -0.3 is 5.32 Å². The lowest BCUT2D eigenvalue weighted by Gasteiger charge is -2.18. The number of benzene rings is 2. The quantitative estimate of drug-likeness (QED) is 0.558. The Morgan fingerprint density at radius 2 is 1.97 bits per heavy atom. The normalized spacial score (nSPS) is 15.1. The summed E-state index contributed by atoms with van der Waals surface area (Å²) in [6.07, 6.45) is 1.72. The molecule has 1 aromatic heterocycles. The molecule has 0 radical (unpaired) electrons. The number of fused-ring (bicyclic) bond motifs is 1. The van der Waals surface area contributed by atoms with Crippen molar-refractivity contribution in [1.82, 2.24) is 14.2 Å². The van der Waals surface area contributed by atoms with E-state index in [1.54, 1.807) is 11.3 Å². The summed E-state index contributed by atoms with van der Waals surface area (Å²) in [4.78, 5) is 19.1.